The van der Waals surface area contributed by atoms with E-state index in [-0.39, 0.29) is 29.6 Å². The highest BCUT2D eigenvalue weighted by Crippen LogP contribution is 2.15. The van der Waals surface area contributed by atoms with Gasteiger partial charge in [0.1, 0.15) is 5.75 Å². The van der Waals surface area contributed by atoms with E-state index in [1.54, 1.807) is 48.5 Å². The van der Waals surface area contributed by atoms with Gasteiger partial charge in [0.15, 0.2) is 0 Å². The molecule has 2 aromatic rings. The van der Waals surface area contributed by atoms with Crippen LogP contribution < -0.4 is 10.6 Å². The van der Waals surface area contributed by atoms with Gasteiger partial charge in [-0.15, -0.1) is 0 Å². The lowest BCUT2D eigenvalue weighted by Crippen LogP contribution is -2.40. The standard InChI is InChI=1S/C19H22N2O3/c1-19(2,3)21-18(24)14-9-6-8-13(11-14)17(23)20-12-15-7-4-5-10-16(15)22/h4-11,22H,12H2,1-3H3,(H,20,23)(H,21,24). The molecule has 5 nitrogen and oxygen atoms in total. The molecule has 3 N–H and O–H groups in total. The van der Waals surface area contributed by atoms with Gasteiger partial charge in [-0.05, 0) is 45.0 Å². The van der Waals surface area contributed by atoms with Gasteiger partial charge in [-0.2, -0.15) is 0 Å². The molecule has 0 fully saturated rings. The highest BCUT2D eigenvalue weighted by atomic mass is 16.3. The summed E-state index contributed by atoms with van der Waals surface area (Å²) >= 11 is 0. The first-order valence-electron chi connectivity index (χ1n) is 7.74. The zero-order chi connectivity index (χ0) is 17.7. The van der Waals surface area contributed by atoms with E-state index >= 15 is 0 Å². The van der Waals surface area contributed by atoms with Crippen LogP contribution in [-0.2, 0) is 6.54 Å². The first kappa shape index (κ1) is 17.5. The number of carbonyl (C=O) groups excluding carboxylic acids is 2. The Labute approximate surface area is 141 Å². The molecule has 2 amide bonds. The predicted octanol–water partition coefficient (Wildman–Crippen LogP) is 2.85. The van der Waals surface area contributed by atoms with Crippen LogP contribution in [0.15, 0.2) is 48.5 Å². The molecule has 0 aliphatic rings. The fourth-order valence-electron chi connectivity index (χ4n) is 2.15. The summed E-state index contributed by atoms with van der Waals surface area (Å²) in [5, 5.41) is 15.3. The van der Waals surface area contributed by atoms with Crippen LogP contribution in [0.3, 0.4) is 0 Å². The van der Waals surface area contributed by atoms with E-state index in [1.165, 1.54) is 0 Å². The van der Waals surface area contributed by atoms with Crippen molar-refractivity contribution < 1.29 is 14.7 Å². The molecule has 24 heavy (non-hydrogen) atoms. The highest BCUT2D eigenvalue weighted by Gasteiger charge is 2.16. The molecule has 2 rings (SSSR count). The van der Waals surface area contributed by atoms with E-state index in [0.717, 1.165) is 0 Å². The number of hydrogen-bond acceptors (Lipinski definition) is 3. The molecule has 0 unspecified atom stereocenters. The van der Waals surface area contributed by atoms with Crippen LogP contribution in [0.4, 0.5) is 0 Å². The minimum absolute atomic E-state index is 0.135. The van der Waals surface area contributed by atoms with Crippen molar-refractivity contribution in [2.24, 2.45) is 0 Å². The Morgan fingerprint density at radius 3 is 2.21 bits per heavy atom. The fraction of sp³-hybridized carbons (Fsp3) is 0.263. The number of phenols is 1. The van der Waals surface area contributed by atoms with Gasteiger partial charge in [-0.1, -0.05) is 24.3 Å². The van der Waals surface area contributed by atoms with E-state index < -0.39 is 0 Å². The Kier molecular flexibility index (Phi) is 5.24. The zero-order valence-corrected chi connectivity index (χ0v) is 14.1. The van der Waals surface area contributed by atoms with E-state index in [4.69, 9.17) is 0 Å². The number of rotatable bonds is 4. The Hall–Kier alpha value is -2.82. The Bertz CT molecular complexity index is 748. The maximum absolute atomic E-state index is 12.3. The number of nitrogens with one attached hydrogen (secondary N) is 2. The van der Waals surface area contributed by atoms with Crippen molar-refractivity contribution in [3.63, 3.8) is 0 Å². The molecular weight excluding hydrogens is 304 g/mol. The van der Waals surface area contributed by atoms with Gasteiger partial charge in [0.2, 0.25) is 0 Å². The van der Waals surface area contributed by atoms with Crippen molar-refractivity contribution in [2.45, 2.75) is 32.9 Å². The molecule has 0 saturated heterocycles. The van der Waals surface area contributed by atoms with Crippen LogP contribution in [0.5, 0.6) is 5.75 Å². The van der Waals surface area contributed by atoms with Gasteiger partial charge < -0.3 is 15.7 Å². The number of amides is 2. The average molecular weight is 326 g/mol. The highest BCUT2D eigenvalue weighted by molar-refractivity contribution is 5.99. The predicted molar refractivity (Wildman–Crippen MR) is 92.9 cm³/mol. The summed E-state index contributed by atoms with van der Waals surface area (Å²) in [6.07, 6.45) is 0. The number of aromatic hydroxyl groups is 1. The van der Waals surface area contributed by atoms with Crippen LogP contribution in [0.25, 0.3) is 0 Å². The molecule has 126 valence electrons. The summed E-state index contributed by atoms with van der Waals surface area (Å²) in [4.78, 5) is 24.4. The fourth-order valence-corrected chi connectivity index (χ4v) is 2.15. The number of hydrogen-bond donors (Lipinski definition) is 3. The van der Waals surface area contributed by atoms with Gasteiger partial charge in [0, 0.05) is 28.8 Å². The largest absolute Gasteiger partial charge is 0.508 e. The second-order valence-electron chi connectivity index (χ2n) is 6.60. The first-order valence-corrected chi connectivity index (χ1v) is 7.74. The third kappa shape index (κ3) is 4.84. The van der Waals surface area contributed by atoms with Crippen molar-refractivity contribution in [3.05, 3.63) is 65.2 Å². The van der Waals surface area contributed by atoms with Crippen LogP contribution >= 0.6 is 0 Å². The van der Waals surface area contributed by atoms with Gasteiger partial charge in [-0.3, -0.25) is 9.59 Å². The van der Waals surface area contributed by atoms with E-state index in [1.807, 2.05) is 20.8 Å². The van der Waals surface area contributed by atoms with Crippen molar-refractivity contribution in [1.29, 1.82) is 0 Å². The molecular formula is C19H22N2O3. The van der Waals surface area contributed by atoms with Gasteiger partial charge >= 0.3 is 0 Å². The lowest BCUT2D eigenvalue weighted by atomic mass is 10.1. The lowest BCUT2D eigenvalue weighted by molar-refractivity contribution is 0.0919. The molecule has 0 heterocycles. The van der Waals surface area contributed by atoms with Crippen molar-refractivity contribution >= 4 is 11.8 Å². The quantitative estimate of drug-likeness (QED) is 0.808. The second-order valence-corrected chi connectivity index (χ2v) is 6.60. The van der Waals surface area contributed by atoms with Crippen LogP contribution in [0, 0.1) is 0 Å². The summed E-state index contributed by atoms with van der Waals surface area (Å²) in [5.74, 6) is -0.391. The average Bonchev–Trinajstić information content (AvgIpc) is 2.52. The summed E-state index contributed by atoms with van der Waals surface area (Å²) in [6, 6.07) is 13.4. The molecule has 0 saturated carbocycles. The van der Waals surface area contributed by atoms with Crippen LogP contribution in [-0.4, -0.2) is 22.5 Å². The van der Waals surface area contributed by atoms with Crippen LogP contribution in [0.2, 0.25) is 0 Å². The SMILES string of the molecule is CC(C)(C)NC(=O)c1cccc(C(=O)NCc2ccccc2O)c1. The molecule has 0 radical (unpaired) electrons. The molecule has 0 aliphatic heterocycles. The lowest BCUT2D eigenvalue weighted by Gasteiger charge is -2.20. The van der Waals surface area contributed by atoms with E-state index in [2.05, 4.69) is 10.6 Å². The second kappa shape index (κ2) is 7.17. The Balaban J connectivity index is 2.06. The monoisotopic (exact) mass is 326 g/mol. The van der Waals surface area contributed by atoms with Gasteiger partial charge in [0.25, 0.3) is 11.8 Å². The Morgan fingerprint density at radius 2 is 1.58 bits per heavy atom. The van der Waals surface area contributed by atoms with Crippen molar-refractivity contribution in [2.75, 3.05) is 0 Å². The molecule has 5 heteroatoms. The van der Waals surface area contributed by atoms with E-state index in [0.29, 0.717) is 16.7 Å². The molecule has 0 aliphatic carbocycles. The summed E-state index contributed by atoms with van der Waals surface area (Å²) in [6.45, 7) is 5.90. The summed E-state index contributed by atoms with van der Waals surface area (Å²) in [5.41, 5.74) is 1.11. The number of benzene rings is 2. The summed E-state index contributed by atoms with van der Waals surface area (Å²) < 4.78 is 0. The molecule has 2 aromatic carbocycles. The van der Waals surface area contributed by atoms with Crippen molar-refractivity contribution in [1.82, 2.24) is 10.6 Å². The zero-order valence-electron chi connectivity index (χ0n) is 14.1. The minimum Gasteiger partial charge on any atom is -0.508 e. The Morgan fingerprint density at radius 1 is 0.958 bits per heavy atom. The number of phenolic OH excluding ortho intramolecular Hbond substituents is 1. The van der Waals surface area contributed by atoms with Crippen molar-refractivity contribution in [3.8, 4) is 5.75 Å². The van der Waals surface area contributed by atoms with Gasteiger partial charge in [0.05, 0.1) is 0 Å². The molecule has 0 spiro atoms. The molecule has 0 atom stereocenters. The number of carbonyl (C=O) groups is 2. The number of para-hydroxylation sites is 1. The van der Waals surface area contributed by atoms with E-state index in [9.17, 15) is 14.7 Å². The third-order valence-electron chi connectivity index (χ3n) is 3.31. The molecule has 0 bridgehead atoms. The maximum atomic E-state index is 12.3. The summed E-state index contributed by atoms with van der Waals surface area (Å²) in [7, 11) is 0. The topological polar surface area (TPSA) is 78.4 Å². The molecule has 0 aromatic heterocycles. The maximum Gasteiger partial charge on any atom is 0.251 e. The van der Waals surface area contributed by atoms with Gasteiger partial charge in [-0.25, -0.2) is 0 Å². The third-order valence-corrected chi connectivity index (χ3v) is 3.31. The first-order chi connectivity index (χ1) is 11.3. The van der Waals surface area contributed by atoms with Crippen LogP contribution in [0.1, 0.15) is 47.1 Å². The minimum atomic E-state index is -0.347. The normalized spacial score (nSPS) is 11.0. The smallest absolute Gasteiger partial charge is 0.251 e.